The van der Waals surface area contributed by atoms with Gasteiger partial charge in [-0.3, -0.25) is 9.59 Å². The van der Waals surface area contributed by atoms with Crippen molar-refractivity contribution >= 4 is 11.9 Å². The van der Waals surface area contributed by atoms with Gasteiger partial charge in [-0.1, -0.05) is 31.6 Å². The molecule has 0 fully saturated rings. The maximum atomic E-state index is 12.1. The molecule has 0 saturated carbocycles. The Balaban J connectivity index is 3.20. The van der Waals surface area contributed by atoms with Crippen LogP contribution in [0.3, 0.4) is 0 Å². The highest BCUT2D eigenvalue weighted by atomic mass is 16.5. The molecular weight excluding hydrogens is 244 g/mol. The largest absolute Gasteiger partial charge is 0.469 e. The summed E-state index contributed by atoms with van der Waals surface area (Å²) in [7, 11) is 2.70. The number of ether oxygens (including phenoxy) is 2. The van der Waals surface area contributed by atoms with Crippen LogP contribution in [0.5, 0.6) is 0 Å². The van der Waals surface area contributed by atoms with Gasteiger partial charge in [-0.25, -0.2) is 0 Å². The third kappa shape index (κ3) is 3.25. The van der Waals surface area contributed by atoms with E-state index in [9.17, 15) is 9.59 Å². The number of rotatable bonds is 4. The molecule has 0 aromatic carbocycles. The van der Waals surface area contributed by atoms with E-state index < -0.39 is 11.8 Å². The fourth-order valence-electron chi connectivity index (χ4n) is 2.65. The molecule has 1 aliphatic carbocycles. The minimum atomic E-state index is -0.566. The molecule has 106 valence electrons. The molecule has 0 aromatic heterocycles. The fourth-order valence-corrected chi connectivity index (χ4v) is 2.65. The summed E-state index contributed by atoms with van der Waals surface area (Å²) >= 11 is 0. The van der Waals surface area contributed by atoms with Gasteiger partial charge in [0.15, 0.2) is 0 Å². The Morgan fingerprint density at radius 3 is 2.37 bits per heavy atom. The van der Waals surface area contributed by atoms with E-state index >= 15 is 0 Å². The smallest absolute Gasteiger partial charge is 0.314 e. The Morgan fingerprint density at radius 2 is 1.89 bits per heavy atom. The first-order chi connectivity index (χ1) is 9.10. The van der Waals surface area contributed by atoms with Gasteiger partial charge in [0.2, 0.25) is 0 Å². The number of hydrogen-bond donors (Lipinski definition) is 0. The van der Waals surface area contributed by atoms with E-state index in [-0.39, 0.29) is 17.9 Å². The third-order valence-corrected chi connectivity index (χ3v) is 3.60. The highest BCUT2D eigenvalue weighted by Crippen LogP contribution is 2.37. The molecule has 19 heavy (non-hydrogen) atoms. The van der Waals surface area contributed by atoms with Crippen molar-refractivity contribution in [2.24, 2.45) is 17.8 Å². The summed E-state index contributed by atoms with van der Waals surface area (Å²) < 4.78 is 9.73. The zero-order valence-corrected chi connectivity index (χ0v) is 12.0. The van der Waals surface area contributed by atoms with Crippen LogP contribution in [0.2, 0.25) is 0 Å². The SMILES string of the molecule is C/C=C1/C=C[C@H](CCC)[C@@H](C(=O)OC)[C@@H]1C(=O)OC. The second-order valence-electron chi connectivity index (χ2n) is 4.65. The molecule has 0 unspecified atom stereocenters. The predicted octanol–water partition coefficient (Wildman–Crippen LogP) is 2.50. The minimum absolute atomic E-state index is 0.0187. The average molecular weight is 266 g/mol. The van der Waals surface area contributed by atoms with Crippen LogP contribution in [-0.2, 0) is 19.1 Å². The normalized spacial score (nSPS) is 28.2. The monoisotopic (exact) mass is 266 g/mol. The molecule has 0 N–H and O–H groups in total. The Morgan fingerprint density at radius 1 is 1.26 bits per heavy atom. The average Bonchev–Trinajstić information content (AvgIpc) is 2.45. The van der Waals surface area contributed by atoms with Crippen LogP contribution < -0.4 is 0 Å². The summed E-state index contributed by atoms with van der Waals surface area (Å²) in [5, 5.41) is 0. The van der Waals surface area contributed by atoms with Gasteiger partial charge in [-0.05, 0) is 24.8 Å². The van der Waals surface area contributed by atoms with Crippen LogP contribution in [0, 0.1) is 17.8 Å². The molecule has 0 aromatic rings. The number of methoxy groups -OCH3 is 2. The van der Waals surface area contributed by atoms with Crippen LogP contribution in [0.1, 0.15) is 26.7 Å². The van der Waals surface area contributed by atoms with E-state index in [2.05, 4.69) is 6.92 Å². The maximum absolute atomic E-state index is 12.1. The first-order valence-electron chi connectivity index (χ1n) is 6.60. The van der Waals surface area contributed by atoms with E-state index in [0.29, 0.717) is 0 Å². The molecule has 4 heteroatoms. The number of hydrogen-bond acceptors (Lipinski definition) is 4. The third-order valence-electron chi connectivity index (χ3n) is 3.60. The van der Waals surface area contributed by atoms with Crippen molar-refractivity contribution in [3.8, 4) is 0 Å². The molecule has 0 aliphatic heterocycles. The second-order valence-corrected chi connectivity index (χ2v) is 4.65. The Bertz CT molecular complexity index is 395. The Labute approximate surface area is 114 Å². The molecule has 0 spiro atoms. The fraction of sp³-hybridized carbons (Fsp3) is 0.600. The lowest BCUT2D eigenvalue weighted by atomic mass is 9.71. The van der Waals surface area contributed by atoms with Crippen LogP contribution in [0.15, 0.2) is 23.8 Å². The van der Waals surface area contributed by atoms with Gasteiger partial charge in [0, 0.05) is 0 Å². The van der Waals surface area contributed by atoms with E-state index in [0.717, 1.165) is 18.4 Å². The molecule has 0 saturated heterocycles. The summed E-state index contributed by atoms with van der Waals surface area (Å²) in [4.78, 5) is 24.1. The molecule has 3 atom stereocenters. The minimum Gasteiger partial charge on any atom is -0.469 e. The van der Waals surface area contributed by atoms with Crippen molar-refractivity contribution in [2.45, 2.75) is 26.7 Å². The highest BCUT2D eigenvalue weighted by molar-refractivity contribution is 5.86. The summed E-state index contributed by atoms with van der Waals surface area (Å²) in [6, 6.07) is 0. The lowest BCUT2D eigenvalue weighted by molar-refractivity contribution is -0.157. The molecule has 0 amide bonds. The van der Waals surface area contributed by atoms with Crippen molar-refractivity contribution in [2.75, 3.05) is 14.2 Å². The maximum Gasteiger partial charge on any atom is 0.314 e. The summed E-state index contributed by atoms with van der Waals surface area (Å²) in [6.45, 7) is 3.91. The van der Waals surface area contributed by atoms with E-state index in [1.165, 1.54) is 14.2 Å². The number of allylic oxidation sites excluding steroid dienone is 3. The standard InChI is InChI=1S/C15H22O4/c1-5-7-11-9-8-10(6-2)12(14(16)18-3)13(11)15(17)19-4/h6,8-9,11-13H,5,7H2,1-4H3/b10-6-/t11-,12+,13+/m0/s1. The summed E-state index contributed by atoms with van der Waals surface area (Å²) in [5.74, 6) is -1.77. The van der Waals surface area contributed by atoms with Gasteiger partial charge in [0.05, 0.1) is 26.1 Å². The lowest BCUT2D eigenvalue weighted by Crippen LogP contribution is -2.39. The zero-order valence-electron chi connectivity index (χ0n) is 12.0. The molecule has 0 bridgehead atoms. The second kappa shape index (κ2) is 7.12. The van der Waals surface area contributed by atoms with E-state index in [1.807, 2.05) is 25.2 Å². The van der Waals surface area contributed by atoms with E-state index in [1.54, 1.807) is 0 Å². The van der Waals surface area contributed by atoms with Gasteiger partial charge in [0.25, 0.3) is 0 Å². The van der Waals surface area contributed by atoms with Crippen LogP contribution in [0.4, 0.5) is 0 Å². The summed E-state index contributed by atoms with van der Waals surface area (Å²) in [5.41, 5.74) is 0.814. The molecule has 4 nitrogen and oxygen atoms in total. The molecule has 0 heterocycles. The van der Waals surface area contributed by atoms with Crippen molar-refractivity contribution in [1.29, 1.82) is 0 Å². The summed E-state index contributed by atoms with van der Waals surface area (Å²) in [6.07, 6.45) is 7.56. The number of carbonyl (C=O) groups excluding carboxylic acids is 2. The van der Waals surface area contributed by atoms with Crippen LogP contribution in [0.25, 0.3) is 0 Å². The highest BCUT2D eigenvalue weighted by Gasteiger charge is 2.43. The van der Waals surface area contributed by atoms with Gasteiger partial charge in [-0.2, -0.15) is 0 Å². The van der Waals surface area contributed by atoms with Crippen molar-refractivity contribution in [1.82, 2.24) is 0 Å². The topological polar surface area (TPSA) is 52.6 Å². The molecular formula is C15H22O4. The Kier molecular flexibility index (Phi) is 5.80. The van der Waals surface area contributed by atoms with Gasteiger partial charge in [-0.15, -0.1) is 0 Å². The van der Waals surface area contributed by atoms with Gasteiger partial charge in [0.1, 0.15) is 0 Å². The van der Waals surface area contributed by atoms with Gasteiger partial charge >= 0.3 is 11.9 Å². The quantitative estimate of drug-likeness (QED) is 0.734. The zero-order chi connectivity index (χ0) is 14.4. The lowest BCUT2D eigenvalue weighted by Gasteiger charge is -2.32. The number of carbonyl (C=O) groups is 2. The van der Waals surface area contributed by atoms with Crippen molar-refractivity contribution < 1.29 is 19.1 Å². The van der Waals surface area contributed by atoms with Crippen LogP contribution >= 0.6 is 0 Å². The molecule has 1 aliphatic rings. The number of esters is 2. The van der Waals surface area contributed by atoms with Crippen LogP contribution in [-0.4, -0.2) is 26.2 Å². The molecule has 0 radical (unpaired) electrons. The first-order valence-corrected chi connectivity index (χ1v) is 6.60. The van der Waals surface area contributed by atoms with E-state index in [4.69, 9.17) is 9.47 Å². The predicted molar refractivity (Wildman–Crippen MR) is 72.3 cm³/mol. The Hall–Kier alpha value is -1.58. The van der Waals surface area contributed by atoms with Crippen molar-refractivity contribution in [3.63, 3.8) is 0 Å². The van der Waals surface area contributed by atoms with Crippen molar-refractivity contribution in [3.05, 3.63) is 23.8 Å². The van der Waals surface area contributed by atoms with Gasteiger partial charge < -0.3 is 9.47 Å². The first kappa shape index (κ1) is 15.5. The molecule has 1 rings (SSSR count).